The summed E-state index contributed by atoms with van der Waals surface area (Å²) in [6.45, 7) is 14.1. The lowest BCUT2D eigenvalue weighted by atomic mass is 10.0. The SMILES string of the molecule is CCN1CCN(CCOc2ccc(-c3cn(CCc4ccc(Cl)cc4)c4ncnc(OC(Cc5ccccc5OCc5ccnc(N6CCOCC6)n5)C(=O)O)c34)c(C)c2Cl)CC1. The highest BCUT2D eigenvalue weighted by molar-refractivity contribution is 6.33. The molecule has 2 saturated heterocycles. The van der Waals surface area contributed by atoms with Gasteiger partial charge in [0.15, 0.2) is 0 Å². The van der Waals surface area contributed by atoms with Crippen LogP contribution in [0.15, 0.2) is 85.5 Å². The summed E-state index contributed by atoms with van der Waals surface area (Å²) in [5, 5.41) is 12.4. The maximum Gasteiger partial charge on any atom is 0.345 e. The van der Waals surface area contributed by atoms with Crippen LogP contribution in [0, 0.1) is 6.92 Å². The minimum atomic E-state index is -1.32. The Morgan fingerprint density at radius 2 is 1.63 bits per heavy atom. The number of nitrogens with zero attached hydrogens (tertiary/aromatic N) is 8. The highest BCUT2D eigenvalue weighted by Gasteiger charge is 2.27. The number of aliphatic carboxylic acids is 1. The van der Waals surface area contributed by atoms with Crippen molar-refractivity contribution in [3.05, 3.63) is 118 Å². The van der Waals surface area contributed by atoms with E-state index in [0.29, 0.717) is 95.7 Å². The number of aryl methyl sites for hydroxylation is 2. The number of fused-ring (bicyclic) bond motifs is 1. The maximum atomic E-state index is 13.0. The highest BCUT2D eigenvalue weighted by atomic mass is 35.5. The summed E-state index contributed by atoms with van der Waals surface area (Å²) in [5.41, 5.74) is 5.43. The van der Waals surface area contributed by atoms with Gasteiger partial charge in [0.1, 0.15) is 36.7 Å². The van der Waals surface area contributed by atoms with Crippen LogP contribution in [-0.2, 0) is 35.5 Å². The quantitative estimate of drug-likeness (QED) is 0.0928. The molecule has 330 valence electrons. The van der Waals surface area contributed by atoms with E-state index in [1.807, 2.05) is 78.4 Å². The Morgan fingerprint density at radius 3 is 2.41 bits per heavy atom. The predicted octanol–water partition coefficient (Wildman–Crippen LogP) is 7.25. The van der Waals surface area contributed by atoms with E-state index in [4.69, 9.17) is 52.1 Å². The summed E-state index contributed by atoms with van der Waals surface area (Å²) in [6.07, 6.45) is 4.50. The van der Waals surface area contributed by atoms with Gasteiger partial charge in [0.05, 0.1) is 29.3 Å². The van der Waals surface area contributed by atoms with E-state index in [1.165, 1.54) is 6.33 Å². The third kappa shape index (κ3) is 10.8. The summed E-state index contributed by atoms with van der Waals surface area (Å²) in [6, 6.07) is 20.8. The van der Waals surface area contributed by atoms with Crippen LogP contribution in [0.1, 0.15) is 29.3 Å². The predicted molar refractivity (Wildman–Crippen MR) is 244 cm³/mol. The topological polar surface area (TPSA) is 140 Å². The molecule has 0 radical (unpaired) electrons. The molecule has 1 N–H and O–H groups in total. The summed E-state index contributed by atoms with van der Waals surface area (Å²) in [5.74, 6) is 0.733. The molecule has 0 spiro atoms. The van der Waals surface area contributed by atoms with Crippen LogP contribution in [0.3, 0.4) is 0 Å². The maximum absolute atomic E-state index is 13.0. The molecule has 63 heavy (non-hydrogen) atoms. The molecule has 2 aliphatic heterocycles. The molecule has 8 rings (SSSR count). The molecule has 2 aliphatic rings. The normalized spacial score (nSPS) is 15.4. The summed E-state index contributed by atoms with van der Waals surface area (Å²) < 4.78 is 26.5. The molecule has 16 heteroatoms. The van der Waals surface area contributed by atoms with Crippen LogP contribution in [0.4, 0.5) is 5.95 Å². The third-order valence-corrected chi connectivity index (χ3v) is 12.4. The van der Waals surface area contributed by atoms with Crippen LogP contribution < -0.4 is 19.1 Å². The van der Waals surface area contributed by atoms with Crippen molar-refractivity contribution < 1.29 is 28.8 Å². The molecule has 0 saturated carbocycles. The van der Waals surface area contributed by atoms with E-state index in [0.717, 1.165) is 61.5 Å². The van der Waals surface area contributed by atoms with Crippen molar-refractivity contribution in [3.63, 3.8) is 0 Å². The van der Waals surface area contributed by atoms with E-state index in [-0.39, 0.29) is 18.9 Å². The number of carbonyl (C=O) groups is 1. The lowest BCUT2D eigenvalue weighted by Gasteiger charge is -2.33. The van der Waals surface area contributed by atoms with Gasteiger partial charge >= 0.3 is 5.97 Å². The summed E-state index contributed by atoms with van der Waals surface area (Å²) >= 11 is 13.3. The smallest absolute Gasteiger partial charge is 0.345 e. The molecule has 0 amide bonds. The Kier molecular flexibility index (Phi) is 14.6. The van der Waals surface area contributed by atoms with Crippen LogP contribution in [0.5, 0.6) is 17.4 Å². The van der Waals surface area contributed by atoms with Crippen molar-refractivity contribution >= 4 is 46.2 Å². The fraction of sp³-hybridized carbons (Fsp3) is 0.383. The second-order valence-electron chi connectivity index (χ2n) is 15.7. The van der Waals surface area contributed by atoms with Crippen molar-refractivity contribution in [2.45, 2.75) is 45.9 Å². The number of carboxylic acids is 1. The molecular formula is C47H52Cl2N8O6. The first-order valence-corrected chi connectivity index (χ1v) is 22.2. The highest BCUT2D eigenvalue weighted by Crippen LogP contribution is 2.41. The van der Waals surface area contributed by atoms with Gasteiger partial charge in [0.25, 0.3) is 0 Å². The van der Waals surface area contributed by atoms with Gasteiger partial charge in [-0.25, -0.2) is 24.7 Å². The Morgan fingerprint density at radius 1 is 0.857 bits per heavy atom. The Labute approximate surface area is 377 Å². The molecule has 1 atom stereocenters. The zero-order valence-electron chi connectivity index (χ0n) is 35.6. The summed E-state index contributed by atoms with van der Waals surface area (Å²) in [4.78, 5) is 38.4. The van der Waals surface area contributed by atoms with Crippen LogP contribution in [-0.4, -0.2) is 124 Å². The molecule has 0 aliphatic carbocycles. The molecule has 2 fully saturated rings. The van der Waals surface area contributed by atoms with Crippen molar-refractivity contribution in [1.29, 1.82) is 0 Å². The first-order valence-electron chi connectivity index (χ1n) is 21.4. The number of rotatable bonds is 18. The molecule has 6 aromatic rings. The first kappa shape index (κ1) is 44.1. The summed E-state index contributed by atoms with van der Waals surface area (Å²) in [7, 11) is 0. The number of morpholine rings is 1. The van der Waals surface area contributed by atoms with E-state index in [9.17, 15) is 9.90 Å². The average molecular weight is 896 g/mol. The number of benzene rings is 3. The number of anilines is 1. The number of hydrogen-bond acceptors (Lipinski definition) is 12. The Hall–Kier alpha value is -5.51. The number of hydrogen-bond donors (Lipinski definition) is 1. The zero-order chi connectivity index (χ0) is 43.7. The number of aromatic nitrogens is 5. The van der Waals surface area contributed by atoms with E-state index >= 15 is 0 Å². The molecule has 3 aromatic carbocycles. The van der Waals surface area contributed by atoms with Gasteiger partial charge in [-0.1, -0.05) is 66.5 Å². The molecule has 1 unspecified atom stereocenters. The minimum absolute atomic E-state index is 0.00239. The fourth-order valence-corrected chi connectivity index (χ4v) is 8.34. The molecule has 14 nitrogen and oxygen atoms in total. The monoisotopic (exact) mass is 894 g/mol. The van der Waals surface area contributed by atoms with Gasteiger partial charge < -0.3 is 38.4 Å². The number of para-hydroxylation sites is 1. The number of likely N-dealkylation sites (N-methyl/N-ethyl adjacent to an activating group) is 1. The van der Waals surface area contributed by atoms with Crippen molar-refractivity contribution in [1.82, 2.24) is 34.3 Å². The largest absolute Gasteiger partial charge is 0.491 e. The third-order valence-electron chi connectivity index (χ3n) is 11.7. The van der Waals surface area contributed by atoms with Crippen molar-refractivity contribution in [3.8, 4) is 28.5 Å². The van der Waals surface area contributed by atoms with Crippen LogP contribution >= 0.6 is 23.2 Å². The van der Waals surface area contributed by atoms with E-state index in [1.54, 1.807) is 12.3 Å². The van der Waals surface area contributed by atoms with E-state index < -0.39 is 12.1 Å². The van der Waals surface area contributed by atoms with Crippen LogP contribution in [0.2, 0.25) is 10.0 Å². The zero-order valence-corrected chi connectivity index (χ0v) is 37.1. The first-order chi connectivity index (χ1) is 30.7. The molecule has 3 aromatic heterocycles. The van der Waals surface area contributed by atoms with Crippen LogP contribution in [0.25, 0.3) is 22.2 Å². The van der Waals surface area contributed by atoms with Gasteiger partial charge in [-0.2, -0.15) is 0 Å². The number of halogens is 2. The van der Waals surface area contributed by atoms with Gasteiger partial charge in [-0.3, -0.25) is 4.90 Å². The lowest BCUT2D eigenvalue weighted by molar-refractivity contribution is -0.145. The van der Waals surface area contributed by atoms with Crippen molar-refractivity contribution in [2.24, 2.45) is 0 Å². The van der Waals surface area contributed by atoms with Gasteiger partial charge in [-0.05, 0) is 72.5 Å². The Bertz CT molecular complexity index is 2490. The van der Waals surface area contributed by atoms with Crippen molar-refractivity contribution in [2.75, 3.05) is 77.1 Å². The Balaban J connectivity index is 1.05. The molecule has 5 heterocycles. The lowest BCUT2D eigenvalue weighted by Crippen LogP contribution is -2.47. The number of ether oxygens (including phenoxy) is 4. The van der Waals surface area contributed by atoms with E-state index in [2.05, 4.69) is 31.6 Å². The van der Waals surface area contributed by atoms with Gasteiger partial charge in [0.2, 0.25) is 17.9 Å². The second-order valence-corrected chi connectivity index (χ2v) is 16.5. The average Bonchev–Trinajstić information content (AvgIpc) is 3.69. The second kappa shape index (κ2) is 20.8. The minimum Gasteiger partial charge on any atom is -0.491 e. The number of carboxylic acid groups (broad SMARTS) is 1. The van der Waals surface area contributed by atoms with Gasteiger partial charge in [-0.15, -0.1) is 0 Å². The van der Waals surface area contributed by atoms with Gasteiger partial charge in [0, 0.05) is 81.8 Å². The molecule has 0 bridgehead atoms. The number of piperazine rings is 1. The molecular weight excluding hydrogens is 843 g/mol. The fourth-order valence-electron chi connectivity index (χ4n) is 8.00. The standard InChI is InChI=1S/C47H52Cl2N8O6/c1-3-54-18-20-55(21-19-54)22-27-61-40-13-12-37(32(2)43(40)49)38-29-57(17-15-33-8-10-35(48)11-9-33)44-42(38)45(52-31-51-44)63-41(46(58)59)28-34-6-4-5-7-39(34)62-30-36-14-16-50-47(53-36)56-23-25-60-26-24-56/h4-14,16,29,31,41H,3,15,17-28,30H2,1-2H3,(H,58,59).